The molecule has 0 aliphatic carbocycles. The van der Waals surface area contributed by atoms with Crippen molar-refractivity contribution in [2.45, 2.75) is 52.6 Å². The number of piperidine rings is 1. The third-order valence-electron chi connectivity index (χ3n) is 5.66. The quantitative estimate of drug-likeness (QED) is 0.774. The third kappa shape index (κ3) is 5.59. The molecule has 2 saturated heterocycles. The molecule has 30 heavy (non-hydrogen) atoms. The van der Waals surface area contributed by atoms with Gasteiger partial charge in [-0.05, 0) is 37.8 Å². The molecule has 2 atom stereocenters. The lowest BCUT2D eigenvalue weighted by atomic mass is 9.91. The van der Waals surface area contributed by atoms with Gasteiger partial charge in [0.05, 0.1) is 23.3 Å². The fourth-order valence-electron chi connectivity index (χ4n) is 3.98. The van der Waals surface area contributed by atoms with Gasteiger partial charge in [0.2, 0.25) is 11.8 Å². The zero-order valence-corrected chi connectivity index (χ0v) is 18.2. The summed E-state index contributed by atoms with van der Waals surface area (Å²) in [5.41, 5.74) is 0.459. The molecule has 0 saturated carbocycles. The van der Waals surface area contributed by atoms with Crippen LogP contribution in [0.15, 0.2) is 24.3 Å². The number of amides is 3. The molecule has 2 fully saturated rings. The maximum Gasteiger partial charge on any atom is 0.253 e. The summed E-state index contributed by atoms with van der Waals surface area (Å²) in [5, 5.41) is 5.82. The maximum absolute atomic E-state index is 12.9. The average Bonchev–Trinajstić information content (AvgIpc) is 3.25. The monoisotopic (exact) mass is 415 g/mol. The average molecular weight is 416 g/mol. The van der Waals surface area contributed by atoms with Crippen LogP contribution in [0.1, 0.15) is 56.8 Å². The predicted octanol–water partition coefficient (Wildman–Crippen LogP) is 2.82. The molecular weight excluding hydrogens is 382 g/mol. The van der Waals surface area contributed by atoms with Crippen LogP contribution in [0.2, 0.25) is 0 Å². The van der Waals surface area contributed by atoms with Gasteiger partial charge >= 0.3 is 0 Å². The predicted molar refractivity (Wildman–Crippen MR) is 115 cm³/mol. The summed E-state index contributed by atoms with van der Waals surface area (Å²) in [6.45, 7) is 7.98. The van der Waals surface area contributed by atoms with Crippen molar-refractivity contribution in [2.75, 3.05) is 31.6 Å². The summed E-state index contributed by atoms with van der Waals surface area (Å²) in [6.07, 6.45) is 3.55. The number of carbonyl (C=O) groups is 3. The van der Waals surface area contributed by atoms with Crippen LogP contribution >= 0.6 is 0 Å². The van der Waals surface area contributed by atoms with Crippen molar-refractivity contribution in [3.8, 4) is 0 Å². The van der Waals surface area contributed by atoms with Crippen molar-refractivity contribution < 1.29 is 19.1 Å². The van der Waals surface area contributed by atoms with Crippen LogP contribution in [0.5, 0.6) is 0 Å². The Morgan fingerprint density at radius 1 is 1.13 bits per heavy atom. The summed E-state index contributed by atoms with van der Waals surface area (Å²) in [7, 11) is 0. The Bertz CT molecular complexity index is 781. The lowest BCUT2D eigenvalue weighted by molar-refractivity contribution is -0.142. The molecule has 2 N–H and O–H groups in total. The van der Waals surface area contributed by atoms with Gasteiger partial charge in [0, 0.05) is 31.7 Å². The highest BCUT2D eigenvalue weighted by atomic mass is 16.5. The number of rotatable bonds is 5. The minimum atomic E-state index is -0.466. The molecule has 0 aromatic heterocycles. The molecule has 2 aliphatic rings. The fourth-order valence-corrected chi connectivity index (χ4v) is 3.98. The molecular formula is C23H33N3O4. The second-order valence-corrected chi connectivity index (χ2v) is 9.22. The van der Waals surface area contributed by atoms with E-state index < -0.39 is 5.41 Å². The van der Waals surface area contributed by atoms with Crippen molar-refractivity contribution in [1.29, 1.82) is 0 Å². The minimum absolute atomic E-state index is 0.0595. The van der Waals surface area contributed by atoms with E-state index in [4.69, 9.17) is 4.74 Å². The molecule has 0 bridgehead atoms. The van der Waals surface area contributed by atoms with Gasteiger partial charge in [-0.1, -0.05) is 32.9 Å². The van der Waals surface area contributed by atoms with Gasteiger partial charge in [0.1, 0.15) is 0 Å². The Hall–Kier alpha value is -2.41. The van der Waals surface area contributed by atoms with E-state index >= 15 is 0 Å². The zero-order chi connectivity index (χ0) is 21.7. The van der Waals surface area contributed by atoms with Gasteiger partial charge in [-0.2, -0.15) is 0 Å². The SMILES string of the molecule is CC(C)(C)C(=O)N1CCCC(C(=O)Nc2ccccc2C(=O)NCC2CCCO2)C1. The first kappa shape index (κ1) is 22.3. The van der Waals surface area contributed by atoms with Gasteiger partial charge in [-0.3, -0.25) is 14.4 Å². The number of hydrogen-bond acceptors (Lipinski definition) is 4. The van der Waals surface area contributed by atoms with Crippen LogP contribution in [-0.2, 0) is 14.3 Å². The highest BCUT2D eigenvalue weighted by Crippen LogP contribution is 2.25. The van der Waals surface area contributed by atoms with E-state index in [9.17, 15) is 14.4 Å². The Morgan fingerprint density at radius 2 is 1.90 bits per heavy atom. The van der Waals surface area contributed by atoms with Gasteiger partial charge in [-0.15, -0.1) is 0 Å². The first-order valence-corrected chi connectivity index (χ1v) is 10.8. The van der Waals surface area contributed by atoms with E-state index in [1.807, 2.05) is 20.8 Å². The number of hydrogen-bond donors (Lipinski definition) is 2. The molecule has 164 valence electrons. The van der Waals surface area contributed by atoms with Crippen LogP contribution < -0.4 is 10.6 Å². The Balaban J connectivity index is 1.62. The summed E-state index contributed by atoms with van der Waals surface area (Å²) in [5.74, 6) is -0.600. The molecule has 3 rings (SSSR count). The maximum atomic E-state index is 12.9. The van der Waals surface area contributed by atoms with E-state index in [0.717, 1.165) is 32.3 Å². The minimum Gasteiger partial charge on any atom is -0.376 e. The number of benzene rings is 1. The first-order chi connectivity index (χ1) is 14.3. The van der Waals surface area contributed by atoms with Gasteiger partial charge < -0.3 is 20.3 Å². The normalized spacial score (nSPS) is 21.9. The molecule has 3 amide bonds. The number of likely N-dealkylation sites (tertiary alicyclic amines) is 1. The number of anilines is 1. The van der Waals surface area contributed by atoms with Crippen molar-refractivity contribution in [3.63, 3.8) is 0 Å². The fraction of sp³-hybridized carbons (Fsp3) is 0.609. The van der Waals surface area contributed by atoms with E-state index in [1.54, 1.807) is 29.2 Å². The lowest BCUT2D eigenvalue weighted by Gasteiger charge is -2.36. The summed E-state index contributed by atoms with van der Waals surface area (Å²) in [6, 6.07) is 7.01. The van der Waals surface area contributed by atoms with Crippen LogP contribution in [0.3, 0.4) is 0 Å². The van der Waals surface area contributed by atoms with Crippen molar-refractivity contribution in [2.24, 2.45) is 11.3 Å². The summed E-state index contributed by atoms with van der Waals surface area (Å²) < 4.78 is 5.55. The lowest BCUT2D eigenvalue weighted by Crippen LogP contribution is -2.47. The molecule has 0 radical (unpaired) electrons. The van der Waals surface area contributed by atoms with Crippen LogP contribution in [0.25, 0.3) is 0 Å². The number of nitrogens with one attached hydrogen (secondary N) is 2. The van der Waals surface area contributed by atoms with Crippen molar-refractivity contribution in [1.82, 2.24) is 10.2 Å². The molecule has 7 nitrogen and oxygen atoms in total. The van der Waals surface area contributed by atoms with E-state index in [2.05, 4.69) is 10.6 Å². The Labute approximate surface area is 178 Å². The Kier molecular flexibility index (Phi) is 7.13. The topological polar surface area (TPSA) is 87.7 Å². The standard InChI is InChI=1S/C23H33N3O4/c1-23(2,3)22(29)26-12-6-8-16(15-26)20(27)25-19-11-5-4-10-18(19)21(28)24-14-17-9-7-13-30-17/h4-5,10-11,16-17H,6-9,12-15H2,1-3H3,(H,24,28)(H,25,27). The van der Waals surface area contributed by atoms with E-state index in [-0.39, 0.29) is 29.7 Å². The second kappa shape index (κ2) is 9.60. The second-order valence-electron chi connectivity index (χ2n) is 9.22. The number of para-hydroxylation sites is 1. The number of ether oxygens (including phenoxy) is 1. The van der Waals surface area contributed by atoms with Crippen LogP contribution in [-0.4, -0.2) is 55.0 Å². The third-order valence-corrected chi connectivity index (χ3v) is 5.66. The number of nitrogens with zero attached hydrogens (tertiary/aromatic N) is 1. The smallest absolute Gasteiger partial charge is 0.253 e. The molecule has 1 aromatic carbocycles. The van der Waals surface area contributed by atoms with E-state index in [0.29, 0.717) is 30.9 Å². The molecule has 7 heteroatoms. The van der Waals surface area contributed by atoms with Crippen LogP contribution in [0.4, 0.5) is 5.69 Å². The molecule has 2 heterocycles. The van der Waals surface area contributed by atoms with Gasteiger partial charge in [-0.25, -0.2) is 0 Å². The van der Waals surface area contributed by atoms with Gasteiger partial charge in [0.25, 0.3) is 5.91 Å². The molecule has 2 unspecified atom stereocenters. The molecule has 0 spiro atoms. The highest BCUT2D eigenvalue weighted by Gasteiger charge is 2.33. The first-order valence-electron chi connectivity index (χ1n) is 10.8. The van der Waals surface area contributed by atoms with E-state index in [1.165, 1.54) is 0 Å². The summed E-state index contributed by atoms with van der Waals surface area (Å²) >= 11 is 0. The van der Waals surface area contributed by atoms with Crippen molar-refractivity contribution in [3.05, 3.63) is 29.8 Å². The van der Waals surface area contributed by atoms with Crippen molar-refractivity contribution >= 4 is 23.4 Å². The highest BCUT2D eigenvalue weighted by molar-refractivity contribution is 6.04. The Morgan fingerprint density at radius 3 is 2.60 bits per heavy atom. The molecule has 1 aromatic rings. The van der Waals surface area contributed by atoms with Gasteiger partial charge in [0.15, 0.2) is 0 Å². The summed E-state index contributed by atoms with van der Waals surface area (Å²) in [4.78, 5) is 40.0. The largest absolute Gasteiger partial charge is 0.376 e. The van der Waals surface area contributed by atoms with Crippen LogP contribution in [0, 0.1) is 11.3 Å². The molecule has 2 aliphatic heterocycles. The number of carbonyl (C=O) groups excluding carboxylic acids is 3. The zero-order valence-electron chi connectivity index (χ0n) is 18.2.